The maximum absolute atomic E-state index is 12.1. The number of carbonyl (C=O) groups is 1. The van der Waals surface area contributed by atoms with E-state index in [1.165, 1.54) is 24.3 Å². The van der Waals surface area contributed by atoms with Gasteiger partial charge >= 0.3 is 0 Å². The molecule has 2 aromatic rings. The van der Waals surface area contributed by atoms with E-state index in [0.29, 0.717) is 17.0 Å². The Hall–Kier alpha value is -1.89. The number of benzene rings is 2. The number of rotatable bonds is 7. The zero-order chi connectivity index (χ0) is 16.9. The molecule has 23 heavy (non-hydrogen) atoms. The van der Waals surface area contributed by atoms with E-state index in [9.17, 15) is 18.3 Å². The van der Waals surface area contributed by atoms with Gasteiger partial charge in [0, 0.05) is 24.0 Å². The predicted octanol–water partition coefficient (Wildman–Crippen LogP) is 1.15. The van der Waals surface area contributed by atoms with E-state index in [-0.39, 0.29) is 17.9 Å². The molecule has 0 fully saturated rings. The minimum absolute atomic E-state index is 0.135. The molecule has 0 saturated heterocycles. The molecular formula is C16H15ClNO4S-. The van der Waals surface area contributed by atoms with Gasteiger partial charge in [-0.05, 0) is 41.8 Å². The van der Waals surface area contributed by atoms with Crippen LogP contribution in [0.25, 0.3) is 0 Å². The number of aliphatic carboxylic acids is 1. The van der Waals surface area contributed by atoms with Gasteiger partial charge in [-0.3, -0.25) is 0 Å². The van der Waals surface area contributed by atoms with E-state index in [1.807, 2.05) is 0 Å². The first kappa shape index (κ1) is 17.5. The predicted molar refractivity (Wildman–Crippen MR) is 85.5 cm³/mol. The van der Waals surface area contributed by atoms with Crippen molar-refractivity contribution in [2.45, 2.75) is 17.7 Å². The second kappa shape index (κ2) is 7.59. The maximum Gasteiger partial charge on any atom is 0.240 e. The van der Waals surface area contributed by atoms with E-state index in [0.717, 1.165) is 5.56 Å². The highest BCUT2D eigenvalue weighted by Crippen LogP contribution is 2.14. The van der Waals surface area contributed by atoms with E-state index in [2.05, 4.69) is 4.72 Å². The Balaban J connectivity index is 1.91. The molecule has 0 bridgehead atoms. The molecule has 122 valence electrons. The lowest BCUT2D eigenvalue weighted by molar-refractivity contribution is -0.304. The largest absolute Gasteiger partial charge is 0.550 e. The molecule has 0 amide bonds. The third-order valence-electron chi connectivity index (χ3n) is 3.20. The van der Waals surface area contributed by atoms with Gasteiger partial charge in [0.1, 0.15) is 0 Å². The summed E-state index contributed by atoms with van der Waals surface area (Å²) in [6.07, 6.45) is 0.363. The molecule has 0 aliphatic heterocycles. The molecule has 0 saturated carbocycles. The van der Waals surface area contributed by atoms with Crippen LogP contribution >= 0.6 is 11.6 Å². The normalized spacial score (nSPS) is 11.3. The van der Waals surface area contributed by atoms with Crippen LogP contribution in [0.1, 0.15) is 11.1 Å². The summed E-state index contributed by atoms with van der Waals surface area (Å²) in [6.45, 7) is 0.241. The highest BCUT2D eigenvalue weighted by Gasteiger charge is 2.12. The monoisotopic (exact) mass is 352 g/mol. The molecule has 0 atom stereocenters. The van der Waals surface area contributed by atoms with Crippen LogP contribution in [0.2, 0.25) is 5.02 Å². The second-order valence-electron chi connectivity index (χ2n) is 4.97. The second-order valence-corrected chi connectivity index (χ2v) is 7.17. The maximum atomic E-state index is 12.1. The first-order valence-electron chi connectivity index (χ1n) is 6.90. The lowest BCUT2D eigenvalue weighted by Crippen LogP contribution is -2.26. The SMILES string of the molecule is O=C([O-])Cc1ccc(CCNS(=O)(=O)c2ccc(Cl)cc2)cc1. The summed E-state index contributed by atoms with van der Waals surface area (Å²) < 4.78 is 26.7. The fourth-order valence-corrected chi connectivity index (χ4v) is 3.18. The Labute approximate surface area is 140 Å². The molecule has 2 rings (SSSR count). The van der Waals surface area contributed by atoms with Crippen LogP contribution in [0.4, 0.5) is 0 Å². The number of carboxylic acids is 1. The van der Waals surface area contributed by atoms with Gasteiger partial charge < -0.3 is 9.90 Å². The average molecular weight is 353 g/mol. The Kier molecular flexibility index (Phi) is 5.76. The van der Waals surface area contributed by atoms with Gasteiger partial charge in [-0.1, -0.05) is 35.9 Å². The lowest BCUT2D eigenvalue weighted by Gasteiger charge is -2.08. The van der Waals surface area contributed by atoms with Crippen molar-refractivity contribution < 1.29 is 18.3 Å². The molecule has 0 spiro atoms. The number of carbonyl (C=O) groups excluding carboxylic acids is 1. The van der Waals surface area contributed by atoms with E-state index in [4.69, 9.17) is 11.6 Å². The van der Waals surface area contributed by atoms with Crippen molar-refractivity contribution in [3.05, 3.63) is 64.7 Å². The van der Waals surface area contributed by atoms with Crippen LogP contribution in [0, 0.1) is 0 Å². The van der Waals surface area contributed by atoms with Crippen molar-refractivity contribution in [1.82, 2.24) is 4.72 Å². The summed E-state index contributed by atoms with van der Waals surface area (Å²) in [7, 11) is -3.57. The minimum atomic E-state index is -3.57. The summed E-state index contributed by atoms with van der Waals surface area (Å²) in [5, 5.41) is 11.0. The van der Waals surface area contributed by atoms with Gasteiger partial charge in [-0.2, -0.15) is 0 Å². The van der Waals surface area contributed by atoms with Crippen molar-refractivity contribution >= 4 is 27.6 Å². The Morgan fingerprint density at radius 2 is 1.57 bits per heavy atom. The summed E-state index contributed by atoms with van der Waals surface area (Å²) in [6, 6.07) is 12.9. The van der Waals surface area contributed by atoms with Crippen molar-refractivity contribution in [2.24, 2.45) is 0 Å². The average Bonchev–Trinajstić information content (AvgIpc) is 2.49. The number of halogens is 1. The lowest BCUT2D eigenvalue weighted by atomic mass is 10.1. The van der Waals surface area contributed by atoms with Crippen molar-refractivity contribution in [3.63, 3.8) is 0 Å². The highest BCUT2D eigenvalue weighted by molar-refractivity contribution is 7.89. The molecular weight excluding hydrogens is 338 g/mol. The summed E-state index contributed by atoms with van der Waals surface area (Å²) in [5.41, 5.74) is 1.56. The molecule has 7 heteroatoms. The number of nitrogens with one attached hydrogen (secondary N) is 1. The fourth-order valence-electron chi connectivity index (χ4n) is 2.02. The molecule has 2 aromatic carbocycles. The Morgan fingerprint density at radius 1 is 1.00 bits per heavy atom. The van der Waals surface area contributed by atoms with Gasteiger partial charge in [0.25, 0.3) is 0 Å². The molecule has 0 aromatic heterocycles. The zero-order valence-corrected chi connectivity index (χ0v) is 13.7. The Bertz CT molecular complexity index is 771. The summed E-state index contributed by atoms with van der Waals surface area (Å²) in [5.74, 6) is -1.13. The van der Waals surface area contributed by atoms with Crippen LogP contribution in [-0.2, 0) is 27.7 Å². The van der Waals surface area contributed by atoms with Crippen LogP contribution in [0.3, 0.4) is 0 Å². The summed E-state index contributed by atoms with van der Waals surface area (Å²) in [4.78, 5) is 10.7. The van der Waals surface area contributed by atoms with Gasteiger partial charge in [-0.25, -0.2) is 13.1 Å². The quantitative estimate of drug-likeness (QED) is 0.810. The standard InChI is InChI=1S/C16H16ClNO4S/c17-14-5-7-15(8-6-14)23(21,22)18-10-9-12-1-3-13(4-2-12)11-16(19)20/h1-8,18H,9-11H2,(H,19,20)/p-1. The number of hydrogen-bond donors (Lipinski definition) is 1. The molecule has 0 aliphatic carbocycles. The molecule has 0 radical (unpaired) electrons. The van der Waals surface area contributed by atoms with Crippen molar-refractivity contribution in [3.8, 4) is 0 Å². The van der Waals surface area contributed by atoms with Gasteiger partial charge in [0.05, 0.1) is 4.90 Å². The fraction of sp³-hybridized carbons (Fsp3) is 0.188. The topological polar surface area (TPSA) is 86.3 Å². The zero-order valence-electron chi connectivity index (χ0n) is 12.2. The van der Waals surface area contributed by atoms with Crippen molar-refractivity contribution in [1.29, 1.82) is 0 Å². The van der Waals surface area contributed by atoms with Gasteiger partial charge in [0.15, 0.2) is 0 Å². The molecule has 0 unspecified atom stereocenters. The number of carboxylic acid groups (broad SMARTS) is 1. The molecule has 1 N–H and O–H groups in total. The first-order chi connectivity index (χ1) is 10.9. The van der Waals surface area contributed by atoms with E-state index < -0.39 is 16.0 Å². The third-order valence-corrected chi connectivity index (χ3v) is 4.93. The van der Waals surface area contributed by atoms with Crippen LogP contribution in [0.15, 0.2) is 53.4 Å². The smallest absolute Gasteiger partial charge is 0.240 e. The Morgan fingerprint density at radius 3 is 2.13 bits per heavy atom. The molecule has 0 aliphatic rings. The highest BCUT2D eigenvalue weighted by atomic mass is 35.5. The van der Waals surface area contributed by atoms with Crippen molar-refractivity contribution in [2.75, 3.05) is 6.54 Å². The molecule has 5 nitrogen and oxygen atoms in total. The number of hydrogen-bond acceptors (Lipinski definition) is 4. The third kappa shape index (κ3) is 5.35. The van der Waals surface area contributed by atoms with Crippen LogP contribution < -0.4 is 9.83 Å². The minimum Gasteiger partial charge on any atom is -0.550 e. The van der Waals surface area contributed by atoms with Crippen LogP contribution in [0.5, 0.6) is 0 Å². The first-order valence-corrected chi connectivity index (χ1v) is 8.76. The van der Waals surface area contributed by atoms with Crippen LogP contribution in [-0.4, -0.2) is 20.9 Å². The van der Waals surface area contributed by atoms with Gasteiger partial charge in [0.2, 0.25) is 10.0 Å². The molecule has 0 heterocycles. The van der Waals surface area contributed by atoms with E-state index >= 15 is 0 Å². The van der Waals surface area contributed by atoms with E-state index in [1.54, 1.807) is 24.3 Å². The van der Waals surface area contributed by atoms with Gasteiger partial charge in [-0.15, -0.1) is 0 Å². The summed E-state index contributed by atoms with van der Waals surface area (Å²) >= 11 is 5.73. The number of sulfonamides is 1.